The normalized spacial score (nSPS) is 12.8. The van der Waals surface area contributed by atoms with Crippen LogP contribution >= 0.6 is 11.3 Å². The average molecular weight is 286 g/mol. The molecule has 0 radical (unpaired) electrons. The standard InChI is InChI=1S/C16H18N2OS/c1-2-9-17-13(14-7-5-10-19-14)11-16-18-12-6-3-4-8-15(12)20-16/h3-8,10,13,17H,2,9,11H2,1H3. The van der Waals surface area contributed by atoms with Gasteiger partial charge in [0.2, 0.25) is 0 Å². The van der Waals surface area contributed by atoms with Crippen LogP contribution in [-0.2, 0) is 6.42 Å². The molecule has 3 nitrogen and oxygen atoms in total. The van der Waals surface area contributed by atoms with Crippen LogP contribution in [0.15, 0.2) is 47.1 Å². The number of rotatable bonds is 6. The Kier molecular flexibility index (Phi) is 4.14. The van der Waals surface area contributed by atoms with Crippen molar-refractivity contribution in [2.45, 2.75) is 25.8 Å². The van der Waals surface area contributed by atoms with Gasteiger partial charge in [0.1, 0.15) is 5.76 Å². The second-order valence-electron chi connectivity index (χ2n) is 4.80. The first-order chi connectivity index (χ1) is 9.86. The Hall–Kier alpha value is -1.65. The third-order valence-corrected chi connectivity index (χ3v) is 4.30. The Balaban J connectivity index is 1.81. The van der Waals surface area contributed by atoms with Gasteiger partial charge in [-0.05, 0) is 37.2 Å². The molecule has 0 spiro atoms. The van der Waals surface area contributed by atoms with Crippen LogP contribution in [0.1, 0.15) is 30.2 Å². The molecule has 0 fully saturated rings. The smallest absolute Gasteiger partial charge is 0.121 e. The Morgan fingerprint density at radius 2 is 2.15 bits per heavy atom. The fourth-order valence-corrected chi connectivity index (χ4v) is 3.28. The van der Waals surface area contributed by atoms with Gasteiger partial charge in [-0.25, -0.2) is 4.98 Å². The van der Waals surface area contributed by atoms with Crippen molar-refractivity contribution in [1.29, 1.82) is 0 Å². The van der Waals surface area contributed by atoms with Gasteiger partial charge in [-0.3, -0.25) is 0 Å². The molecule has 1 aromatic carbocycles. The van der Waals surface area contributed by atoms with Gasteiger partial charge in [0.15, 0.2) is 0 Å². The van der Waals surface area contributed by atoms with Crippen LogP contribution in [0.4, 0.5) is 0 Å². The van der Waals surface area contributed by atoms with Crippen molar-refractivity contribution in [2.24, 2.45) is 0 Å². The summed E-state index contributed by atoms with van der Waals surface area (Å²) in [6, 6.07) is 12.4. The van der Waals surface area contributed by atoms with Crippen LogP contribution < -0.4 is 5.32 Å². The molecular formula is C16H18N2OS. The minimum absolute atomic E-state index is 0.200. The first-order valence-electron chi connectivity index (χ1n) is 6.98. The minimum atomic E-state index is 0.200. The van der Waals surface area contributed by atoms with E-state index in [4.69, 9.17) is 9.40 Å². The molecule has 0 aliphatic rings. The lowest BCUT2D eigenvalue weighted by Gasteiger charge is -2.14. The van der Waals surface area contributed by atoms with Crippen LogP contribution in [0.25, 0.3) is 10.2 Å². The number of para-hydroxylation sites is 1. The summed E-state index contributed by atoms with van der Waals surface area (Å²) in [5, 5.41) is 4.69. The molecular weight excluding hydrogens is 268 g/mol. The van der Waals surface area contributed by atoms with Gasteiger partial charge in [0.25, 0.3) is 0 Å². The summed E-state index contributed by atoms with van der Waals surface area (Å²) in [7, 11) is 0. The Bertz CT molecular complexity index is 627. The molecule has 3 rings (SSSR count). The van der Waals surface area contributed by atoms with Gasteiger partial charge in [0.05, 0.1) is 27.5 Å². The molecule has 0 aliphatic heterocycles. The van der Waals surface area contributed by atoms with Gasteiger partial charge >= 0.3 is 0 Å². The fraction of sp³-hybridized carbons (Fsp3) is 0.312. The first kappa shape index (κ1) is 13.3. The van der Waals surface area contributed by atoms with E-state index in [9.17, 15) is 0 Å². The molecule has 4 heteroatoms. The third-order valence-electron chi connectivity index (χ3n) is 3.24. The molecule has 104 valence electrons. The van der Waals surface area contributed by atoms with E-state index < -0.39 is 0 Å². The summed E-state index contributed by atoms with van der Waals surface area (Å²) in [4.78, 5) is 4.71. The number of benzene rings is 1. The zero-order valence-corrected chi connectivity index (χ0v) is 12.3. The van der Waals surface area contributed by atoms with E-state index in [1.54, 1.807) is 17.6 Å². The van der Waals surface area contributed by atoms with Crippen molar-refractivity contribution in [3.05, 3.63) is 53.4 Å². The molecule has 20 heavy (non-hydrogen) atoms. The maximum atomic E-state index is 5.55. The third kappa shape index (κ3) is 2.92. The molecule has 0 saturated carbocycles. The summed E-state index contributed by atoms with van der Waals surface area (Å²) in [6.07, 6.45) is 3.71. The number of furan rings is 1. The lowest BCUT2D eigenvalue weighted by Crippen LogP contribution is -2.23. The predicted molar refractivity (Wildman–Crippen MR) is 83.1 cm³/mol. The van der Waals surface area contributed by atoms with E-state index in [1.807, 2.05) is 18.2 Å². The van der Waals surface area contributed by atoms with E-state index in [0.717, 1.165) is 35.7 Å². The van der Waals surface area contributed by atoms with Crippen LogP contribution in [0.5, 0.6) is 0 Å². The Morgan fingerprint density at radius 3 is 2.90 bits per heavy atom. The summed E-state index contributed by atoms with van der Waals surface area (Å²) in [5.41, 5.74) is 1.08. The SMILES string of the molecule is CCCNC(Cc1nc2ccccc2s1)c1ccco1. The highest BCUT2D eigenvalue weighted by Gasteiger charge is 2.16. The molecule has 3 aromatic rings. The molecule has 0 bridgehead atoms. The maximum absolute atomic E-state index is 5.55. The van der Waals surface area contributed by atoms with Gasteiger partial charge in [-0.15, -0.1) is 11.3 Å². The summed E-state index contributed by atoms with van der Waals surface area (Å²) in [6.45, 7) is 3.15. The number of fused-ring (bicyclic) bond motifs is 1. The molecule has 1 atom stereocenters. The van der Waals surface area contributed by atoms with Crippen molar-refractivity contribution in [1.82, 2.24) is 10.3 Å². The monoisotopic (exact) mass is 286 g/mol. The van der Waals surface area contributed by atoms with E-state index in [1.165, 1.54) is 4.70 Å². The van der Waals surface area contributed by atoms with Crippen molar-refractivity contribution >= 4 is 21.6 Å². The fourth-order valence-electron chi connectivity index (χ4n) is 2.26. The molecule has 0 saturated heterocycles. The van der Waals surface area contributed by atoms with E-state index >= 15 is 0 Å². The number of nitrogens with zero attached hydrogens (tertiary/aromatic N) is 1. The molecule has 1 N–H and O–H groups in total. The van der Waals surface area contributed by atoms with Crippen LogP contribution in [0.3, 0.4) is 0 Å². The average Bonchev–Trinajstić information content (AvgIpc) is 3.11. The van der Waals surface area contributed by atoms with E-state index in [2.05, 4.69) is 30.4 Å². The molecule has 2 aromatic heterocycles. The predicted octanol–water partition coefficient (Wildman–Crippen LogP) is 4.17. The quantitative estimate of drug-likeness (QED) is 0.739. The number of hydrogen-bond acceptors (Lipinski definition) is 4. The van der Waals surface area contributed by atoms with E-state index in [-0.39, 0.29) is 6.04 Å². The molecule has 2 heterocycles. The minimum Gasteiger partial charge on any atom is -0.468 e. The summed E-state index contributed by atoms with van der Waals surface area (Å²) >= 11 is 1.76. The summed E-state index contributed by atoms with van der Waals surface area (Å²) < 4.78 is 6.80. The summed E-state index contributed by atoms with van der Waals surface area (Å²) in [5.74, 6) is 0.984. The first-order valence-corrected chi connectivity index (χ1v) is 7.79. The highest BCUT2D eigenvalue weighted by atomic mass is 32.1. The second-order valence-corrected chi connectivity index (χ2v) is 5.92. The topological polar surface area (TPSA) is 38.1 Å². The van der Waals surface area contributed by atoms with Crippen molar-refractivity contribution in [3.8, 4) is 0 Å². The van der Waals surface area contributed by atoms with Gasteiger partial charge in [-0.2, -0.15) is 0 Å². The highest BCUT2D eigenvalue weighted by molar-refractivity contribution is 7.18. The number of thiazole rings is 1. The van der Waals surface area contributed by atoms with E-state index in [0.29, 0.717) is 0 Å². The van der Waals surface area contributed by atoms with Crippen LogP contribution in [0, 0.1) is 0 Å². The zero-order valence-electron chi connectivity index (χ0n) is 11.5. The van der Waals surface area contributed by atoms with Gasteiger partial charge < -0.3 is 9.73 Å². The molecule has 0 amide bonds. The van der Waals surface area contributed by atoms with Crippen molar-refractivity contribution < 1.29 is 4.42 Å². The number of aromatic nitrogens is 1. The number of hydrogen-bond donors (Lipinski definition) is 1. The largest absolute Gasteiger partial charge is 0.468 e. The number of nitrogens with one attached hydrogen (secondary N) is 1. The van der Waals surface area contributed by atoms with Crippen LogP contribution in [0.2, 0.25) is 0 Å². The highest BCUT2D eigenvalue weighted by Crippen LogP contribution is 2.26. The molecule has 0 aliphatic carbocycles. The Labute approximate surface area is 122 Å². The van der Waals surface area contributed by atoms with Crippen LogP contribution in [-0.4, -0.2) is 11.5 Å². The van der Waals surface area contributed by atoms with Crippen molar-refractivity contribution in [2.75, 3.05) is 6.54 Å². The van der Waals surface area contributed by atoms with Gasteiger partial charge in [-0.1, -0.05) is 19.1 Å². The van der Waals surface area contributed by atoms with Crippen molar-refractivity contribution in [3.63, 3.8) is 0 Å². The lowest BCUT2D eigenvalue weighted by molar-refractivity contribution is 0.410. The zero-order chi connectivity index (χ0) is 13.8. The maximum Gasteiger partial charge on any atom is 0.121 e. The molecule has 1 unspecified atom stereocenters. The van der Waals surface area contributed by atoms with Gasteiger partial charge in [0, 0.05) is 6.42 Å². The second kappa shape index (κ2) is 6.20. The Morgan fingerprint density at radius 1 is 1.25 bits per heavy atom. The lowest BCUT2D eigenvalue weighted by atomic mass is 10.1.